The number of carbonyl (C=O) groups excluding carboxylic acids is 1. The van der Waals surface area contributed by atoms with Gasteiger partial charge in [0, 0.05) is 18.4 Å². The molecule has 0 unspecified atom stereocenters. The van der Waals surface area contributed by atoms with Crippen molar-refractivity contribution in [1.82, 2.24) is 10.2 Å². The van der Waals surface area contributed by atoms with Crippen LogP contribution in [0.1, 0.15) is 42.5 Å². The van der Waals surface area contributed by atoms with Crippen LogP contribution >= 0.6 is 0 Å². The Morgan fingerprint density at radius 2 is 1.90 bits per heavy atom. The molecule has 0 saturated carbocycles. The van der Waals surface area contributed by atoms with E-state index in [2.05, 4.69) is 14.8 Å². The molecule has 0 bridgehead atoms. The molecule has 1 aromatic carbocycles. The summed E-state index contributed by atoms with van der Waals surface area (Å²) in [7, 11) is 0. The Hall–Kier alpha value is -1.84. The van der Waals surface area contributed by atoms with Gasteiger partial charge in [0.05, 0.1) is 19.6 Å². The van der Waals surface area contributed by atoms with Crippen LogP contribution < -0.4 is 5.32 Å². The Morgan fingerprint density at radius 1 is 1.10 bits per heavy atom. The van der Waals surface area contributed by atoms with Crippen molar-refractivity contribution < 1.29 is 9.37 Å². The minimum atomic E-state index is 0.0157. The van der Waals surface area contributed by atoms with E-state index in [1.807, 2.05) is 30.3 Å². The summed E-state index contributed by atoms with van der Waals surface area (Å²) in [6.45, 7) is 4.04. The van der Waals surface area contributed by atoms with E-state index in [1.165, 1.54) is 44.6 Å². The first-order valence-electron chi connectivity index (χ1n) is 8.03. The summed E-state index contributed by atoms with van der Waals surface area (Å²) in [6, 6.07) is 9.45. The molecular weight excluding hydrogens is 262 g/mol. The molecule has 0 aliphatic carbocycles. The molecular formula is C17H24N3O+. The van der Waals surface area contributed by atoms with Crippen molar-refractivity contribution in [2.24, 2.45) is 0 Å². The molecule has 0 fully saturated rings. The van der Waals surface area contributed by atoms with E-state index in [0.717, 1.165) is 18.5 Å². The zero-order valence-electron chi connectivity index (χ0n) is 12.6. The number of amidine groups is 1. The molecule has 0 atom stereocenters. The van der Waals surface area contributed by atoms with Crippen molar-refractivity contribution in [3.8, 4) is 0 Å². The summed E-state index contributed by atoms with van der Waals surface area (Å²) in [5, 5.41) is 3.06. The monoisotopic (exact) mass is 286 g/mol. The summed E-state index contributed by atoms with van der Waals surface area (Å²) in [4.78, 5) is 14.5. The van der Waals surface area contributed by atoms with Crippen LogP contribution in [0.4, 0.5) is 0 Å². The van der Waals surface area contributed by atoms with Gasteiger partial charge in [-0.05, 0) is 31.4 Å². The van der Waals surface area contributed by atoms with Crippen LogP contribution in [0.15, 0.2) is 30.3 Å². The first kappa shape index (κ1) is 14.1. The predicted molar refractivity (Wildman–Crippen MR) is 83.6 cm³/mol. The highest BCUT2D eigenvalue weighted by molar-refractivity contribution is 5.94. The highest BCUT2D eigenvalue weighted by Gasteiger charge is 2.28. The maximum atomic E-state index is 12.2. The van der Waals surface area contributed by atoms with Gasteiger partial charge in [-0.15, -0.1) is 0 Å². The molecule has 0 radical (unpaired) electrons. The lowest BCUT2D eigenvalue weighted by molar-refractivity contribution is -0.539. The molecule has 2 aliphatic rings. The van der Waals surface area contributed by atoms with Crippen LogP contribution in [0.3, 0.4) is 0 Å². The van der Waals surface area contributed by atoms with Gasteiger partial charge in [0.1, 0.15) is 0 Å². The molecule has 0 saturated heterocycles. The lowest BCUT2D eigenvalue weighted by atomic mass is 10.2. The maximum Gasteiger partial charge on any atom is 0.254 e. The highest BCUT2D eigenvalue weighted by atomic mass is 16.1. The SMILES string of the molecule is O=C(NCN1CCC[N+]2=C1CCCCC2)c1ccccc1. The molecule has 112 valence electrons. The van der Waals surface area contributed by atoms with Gasteiger partial charge in [-0.2, -0.15) is 0 Å². The van der Waals surface area contributed by atoms with E-state index in [9.17, 15) is 4.79 Å². The van der Waals surface area contributed by atoms with Gasteiger partial charge in [0.2, 0.25) is 5.84 Å². The average molecular weight is 286 g/mol. The zero-order chi connectivity index (χ0) is 14.5. The quantitative estimate of drug-likeness (QED) is 0.863. The van der Waals surface area contributed by atoms with Crippen LogP contribution in [-0.4, -0.2) is 47.5 Å². The summed E-state index contributed by atoms with van der Waals surface area (Å²) in [5.41, 5.74) is 0.734. The molecule has 3 rings (SSSR count). The van der Waals surface area contributed by atoms with E-state index < -0.39 is 0 Å². The molecule has 0 spiro atoms. The lowest BCUT2D eigenvalue weighted by Crippen LogP contribution is -2.48. The molecule has 2 heterocycles. The molecule has 4 heteroatoms. The predicted octanol–water partition coefficient (Wildman–Crippen LogP) is 2.06. The van der Waals surface area contributed by atoms with Gasteiger partial charge in [-0.3, -0.25) is 9.37 Å². The van der Waals surface area contributed by atoms with Crippen LogP contribution in [0, 0.1) is 0 Å². The zero-order valence-corrected chi connectivity index (χ0v) is 12.6. The number of amides is 1. The highest BCUT2D eigenvalue weighted by Crippen LogP contribution is 2.14. The summed E-state index contributed by atoms with van der Waals surface area (Å²) in [5.74, 6) is 1.45. The van der Waals surface area contributed by atoms with Crippen molar-refractivity contribution in [2.45, 2.75) is 32.1 Å². The number of hydrogen-bond donors (Lipinski definition) is 1. The fourth-order valence-corrected chi connectivity index (χ4v) is 3.26. The standard InChI is InChI=1S/C17H23N3O/c21-17(15-8-3-1-4-9-15)18-14-20-13-7-12-19-11-6-2-5-10-16(19)20/h1,3-4,8-9H,2,5-7,10-14H2/p+1. The van der Waals surface area contributed by atoms with Crippen LogP contribution in [-0.2, 0) is 0 Å². The topological polar surface area (TPSA) is 35.4 Å². The number of benzene rings is 1. The fraction of sp³-hybridized carbons (Fsp3) is 0.529. The van der Waals surface area contributed by atoms with Crippen molar-refractivity contribution in [1.29, 1.82) is 0 Å². The van der Waals surface area contributed by atoms with E-state index >= 15 is 0 Å². The molecule has 1 amide bonds. The number of carbonyl (C=O) groups is 1. The molecule has 1 N–H and O–H groups in total. The first-order chi connectivity index (χ1) is 10.3. The van der Waals surface area contributed by atoms with Crippen molar-refractivity contribution in [3.05, 3.63) is 35.9 Å². The first-order valence-corrected chi connectivity index (χ1v) is 8.03. The Bertz CT molecular complexity index is 524. The van der Waals surface area contributed by atoms with Gasteiger partial charge in [0.15, 0.2) is 6.67 Å². The van der Waals surface area contributed by atoms with Gasteiger partial charge >= 0.3 is 0 Å². The van der Waals surface area contributed by atoms with Gasteiger partial charge in [-0.25, -0.2) is 4.90 Å². The third-order valence-electron chi connectivity index (χ3n) is 4.38. The van der Waals surface area contributed by atoms with E-state index in [-0.39, 0.29) is 5.91 Å². The maximum absolute atomic E-state index is 12.2. The number of nitrogens with one attached hydrogen (secondary N) is 1. The smallest absolute Gasteiger partial charge is 0.254 e. The third kappa shape index (κ3) is 3.43. The number of nitrogens with zero attached hydrogens (tertiary/aromatic N) is 2. The largest absolute Gasteiger partial charge is 0.316 e. The Balaban J connectivity index is 1.63. The minimum Gasteiger partial charge on any atom is -0.316 e. The fourth-order valence-electron chi connectivity index (χ4n) is 3.26. The van der Waals surface area contributed by atoms with Gasteiger partial charge < -0.3 is 5.32 Å². The summed E-state index contributed by atoms with van der Waals surface area (Å²) in [6.07, 6.45) is 6.23. The second-order valence-electron chi connectivity index (χ2n) is 5.86. The van der Waals surface area contributed by atoms with E-state index in [4.69, 9.17) is 0 Å². The lowest BCUT2D eigenvalue weighted by Gasteiger charge is -2.26. The Morgan fingerprint density at radius 3 is 2.76 bits per heavy atom. The average Bonchev–Trinajstić information content (AvgIpc) is 2.79. The van der Waals surface area contributed by atoms with Gasteiger partial charge in [-0.1, -0.05) is 18.2 Å². The molecule has 2 aliphatic heterocycles. The van der Waals surface area contributed by atoms with E-state index in [0.29, 0.717) is 6.67 Å². The Labute approximate surface area is 126 Å². The van der Waals surface area contributed by atoms with Crippen molar-refractivity contribution >= 4 is 11.7 Å². The normalized spacial score (nSPS) is 19.0. The third-order valence-corrected chi connectivity index (χ3v) is 4.38. The van der Waals surface area contributed by atoms with Crippen LogP contribution in [0.5, 0.6) is 0 Å². The minimum absolute atomic E-state index is 0.0157. The second kappa shape index (κ2) is 6.74. The van der Waals surface area contributed by atoms with Crippen LogP contribution in [0.25, 0.3) is 0 Å². The van der Waals surface area contributed by atoms with Gasteiger partial charge in [0.25, 0.3) is 5.91 Å². The van der Waals surface area contributed by atoms with Crippen molar-refractivity contribution in [3.63, 3.8) is 0 Å². The molecule has 1 aromatic rings. The number of hydrogen-bond acceptors (Lipinski definition) is 2. The van der Waals surface area contributed by atoms with Crippen LogP contribution in [0.2, 0.25) is 0 Å². The van der Waals surface area contributed by atoms with Crippen molar-refractivity contribution in [2.75, 3.05) is 26.3 Å². The second-order valence-corrected chi connectivity index (χ2v) is 5.86. The Kier molecular flexibility index (Phi) is 4.53. The summed E-state index contributed by atoms with van der Waals surface area (Å²) >= 11 is 0. The molecule has 4 nitrogen and oxygen atoms in total. The van der Waals surface area contributed by atoms with E-state index in [1.54, 1.807) is 0 Å². The molecule has 21 heavy (non-hydrogen) atoms. The molecule has 0 aromatic heterocycles. The summed E-state index contributed by atoms with van der Waals surface area (Å²) < 4.78 is 2.52. The number of rotatable bonds is 3.